The minimum Gasteiger partial charge on any atom is -0.392 e. The first-order chi connectivity index (χ1) is 6.76. The number of thiophene rings is 1. The van der Waals surface area contributed by atoms with Gasteiger partial charge in [-0.2, -0.15) is 0 Å². The normalized spacial score (nSPS) is 11.1. The van der Waals surface area contributed by atoms with Crippen molar-refractivity contribution in [2.45, 2.75) is 11.9 Å². The maximum absolute atomic E-state index is 9.13. The lowest BCUT2D eigenvalue weighted by atomic mass is 10.1. The molecule has 0 aliphatic carbocycles. The van der Waals surface area contributed by atoms with E-state index in [-0.39, 0.29) is 6.61 Å². The van der Waals surface area contributed by atoms with E-state index in [1.165, 1.54) is 19.2 Å². The number of fused-ring (bicyclic) bond motifs is 1. The second-order valence-electron chi connectivity index (χ2n) is 3.01. The van der Waals surface area contributed by atoms with E-state index in [1.54, 1.807) is 11.3 Å². The third kappa shape index (κ3) is 1.85. The van der Waals surface area contributed by atoms with Crippen LogP contribution >= 0.6 is 49.9 Å². The Labute approximate surface area is 108 Å². The zero-order valence-corrected chi connectivity index (χ0v) is 11.8. The molecule has 0 spiro atoms. The number of rotatable bonds is 2. The molecule has 0 unspecified atom stereocenters. The van der Waals surface area contributed by atoms with Gasteiger partial charge in [-0.3, -0.25) is 0 Å². The third-order valence-corrected chi connectivity index (χ3v) is 5.08. The van der Waals surface area contributed by atoms with E-state index in [1.807, 2.05) is 0 Å². The van der Waals surface area contributed by atoms with E-state index in [2.05, 4.69) is 56.0 Å². The number of aliphatic hydroxyl groups is 1. The second kappa shape index (κ2) is 4.47. The Kier molecular flexibility index (Phi) is 3.46. The Balaban J connectivity index is 2.76. The van der Waals surface area contributed by atoms with Crippen molar-refractivity contribution in [1.29, 1.82) is 0 Å². The van der Waals surface area contributed by atoms with Crippen LogP contribution in [0.5, 0.6) is 0 Å². The topological polar surface area (TPSA) is 20.2 Å². The molecule has 1 aromatic heterocycles. The van der Waals surface area contributed by atoms with E-state index in [0.29, 0.717) is 0 Å². The van der Waals surface area contributed by atoms with Gasteiger partial charge < -0.3 is 5.11 Å². The first-order valence-electron chi connectivity index (χ1n) is 4.11. The van der Waals surface area contributed by atoms with Crippen LogP contribution in [0.25, 0.3) is 10.1 Å². The molecule has 0 fully saturated rings. The van der Waals surface area contributed by atoms with Crippen LogP contribution in [0.4, 0.5) is 0 Å². The molecule has 0 saturated heterocycles. The summed E-state index contributed by atoms with van der Waals surface area (Å²) < 4.78 is 2.59. The van der Waals surface area contributed by atoms with Crippen LogP contribution in [0.2, 0.25) is 0 Å². The fourth-order valence-electron chi connectivity index (χ4n) is 1.44. The molecular formula is C10H8BrIOS. The fourth-order valence-corrected chi connectivity index (χ4v) is 3.98. The van der Waals surface area contributed by atoms with Crippen molar-refractivity contribution >= 4 is 59.9 Å². The van der Waals surface area contributed by atoms with Gasteiger partial charge in [0.2, 0.25) is 0 Å². The average Bonchev–Trinajstić information content (AvgIpc) is 2.59. The van der Waals surface area contributed by atoms with Crippen molar-refractivity contribution in [3.63, 3.8) is 0 Å². The summed E-state index contributed by atoms with van der Waals surface area (Å²) >= 11 is 7.57. The Bertz CT molecular complexity index is 466. The molecule has 2 rings (SSSR count). The quantitative estimate of drug-likeness (QED) is 0.617. The summed E-state index contributed by atoms with van der Waals surface area (Å²) in [5.41, 5.74) is 2.25. The summed E-state index contributed by atoms with van der Waals surface area (Å²) in [6.45, 7) is 0.113. The molecule has 0 saturated carbocycles. The zero-order valence-electron chi connectivity index (χ0n) is 7.26. The second-order valence-corrected chi connectivity index (χ2v) is 5.61. The molecule has 0 atom stereocenters. The zero-order chi connectivity index (χ0) is 10.1. The first kappa shape index (κ1) is 10.9. The van der Waals surface area contributed by atoms with Crippen molar-refractivity contribution in [1.82, 2.24) is 0 Å². The van der Waals surface area contributed by atoms with Crippen molar-refractivity contribution in [3.05, 3.63) is 32.2 Å². The van der Waals surface area contributed by atoms with Gasteiger partial charge in [0.15, 0.2) is 0 Å². The molecule has 0 radical (unpaired) electrons. The van der Waals surface area contributed by atoms with E-state index in [0.717, 1.165) is 10.9 Å². The van der Waals surface area contributed by atoms with Crippen LogP contribution in [0.15, 0.2) is 17.5 Å². The van der Waals surface area contributed by atoms with Gasteiger partial charge in [0.05, 0.1) is 6.61 Å². The van der Waals surface area contributed by atoms with Crippen molar-refractivity contribution in [3.8, 4) is 0 Å². The Morgan fingerprint density at radius 2 is 2.21 bits per heavy atom. The molecule has 2 aromatic rings. The first-order valence-corrected chi connectivity index (χ1v) is 7.19. The van der Waals surface area contributed by atoms with E-state index in [9.17, 15) is 0 Å². The number of halogens is 2. The highest BCUT2D eigenvalue weighted by Gasteiger charge is 2.07. The van der Waals surface area contributed by atoms with Gasteiger partial charge in [0.1, 0.15) is 0 Å². The summed E-state index contributed by atoms with van der Waals surface area (Å²) in [4.78, 5) is 0. The molecule has 1 N–H and O–H groups in total. The molecule has 1 aromatic carbocycles. The van der Waals surface area contributed by atoms with Gasteiger partial charge in [0.25, 0.3) is 0 Å². The lowest BCUT2D eigenvalue weighted by Crippen LogP contribution is -1.86. The number of alkyl halides is 1. The van der Waals surface area contributed by atoms with Crippen LogP contribution in [-0.2, 0) is 11.9 Å². The molecule has 0 bridgehead atoms. The van der Waals surface area contributed by atoms with E-state index >= 15 is 0 Å². The lowest BCUT2D eigenvalue weighted by Gasteiger charge is -2.02. The highest BCUT2D eigenvalue weighted by molar-refractivity contribution is 14.1. The highest BCUT2D eigenvalue weighted by Crippen LogP contribution is 2.32. The molecule has 14 heavy (non-hydrogen) atoms. The monoisotopic (exact) mass is 382 g/mol. The van der Waals surface area contributed by atoms with E-state index in [4.69, 9.17) is 5.11 Å². The summed E-state index contributed by atoms with van der Waals surface area (Å²) in [7, 11) is 0. The molecule has 0 amide bonds. The smallest absolute Gasteiger partial charge is 0.0682 e. The molecule has 74 valence electrons. The Morgan fingerprint density at radius 3 is 2.86 bits per heavy atom. The molecular weight excluding hydrogens is 375 g/mol. The molecule has 1 heterocycles. The summed E-state index contributed by atoms with van der Waals surface area (Å²) in [6.07, 6.45) is 0. The summed E-state index contributed by atoms with van der Waals surface area (Å²) in [5.74, 6) is 0. The maximum Gasteiger partial charge on any atom is 0.0682 e. The van der Waals surface area contributed by atoms with Crippen LogP contribution in [-0.4, -0.2) is 5.11 Å². The number of hydrogen-bond donors (Lipinski definition) is 1. The summed E-state index contributed by atoms with van der Waals surface area (Å²) in [5, 5.41) is 13.4. The number of aliphatic hydroxyl groups excluding tert-OH is 1. The SMILES string of the molecule is OCc1cc(CBr)c2scc(I)c2c1. The lowest BCUT2D eigenvalue weighted by molar-refractivity contribution is 0.282. The minimum atomic E-state index is 0.113. The Hall–Kier alpha value is 0.350. The van der Waals surface area contributed by atoms with Gasteiger partial charge in [-0.15, -0.1) is 11.3 Å². The van der Waals surface area contributed by atoms with Gasteiger partial charge in [-0.25, -0.2) is 0 Å². The van der Waals surface area contributed by atoms with Gasteiger partial charge in [-0.05, 0) is 39.8 Å². The fraction of sp³-hybridized carbons (Fsp3) is 0.200. The third-order valence-electron chi connectivity index (χ3n) is 2.09. The van der Waals surface area contributed by atoms with Crippen molar-refractivity contribution < 1.29 is 5.11 Å². The summed E-state index contributed by atoms with van der Waals surface area (Å²) in [6, 6.07) is 4.13. The Morgan fingerprint density at radius 1 is 1.43 bits per heavy atom. The van der Waals surface area contributed by atoms with Crippen LogP contribution < -0.4 is 0 Å². The molecule has 1 nitrogen and oxygen atoms in total. The van der Waals surface area contributed by atoms with Crippen LogP contribution in [0.1, 0.15) is 11.1 Å². The molecule has 0 aliphatic rings. The predicted octanol–water partition coefficient (Wildman–Crippen LogP) is 3.89. The maximum atomic E-state index is 9.13. The highest BCUT2D eigenvalue weighted by atomic mass is 127. The van der Waals surface area contributed by atoms with Gasteiger partial charge >= 0.3 is 0 Å². The van der Waals surface area contributed by atoms with Gasteiger partial charge in [0, 0.05) is 24.4 Å². The van der Waals surface area contributed by atoms with Crippen molar-refractivity contribution in [2.75, 3.05) is 0 Å². The van der Waals surface area contributed by atoms with Crippen molar-refractivity contribution in [2.24, 2.45) is 0 Å². The number of hydrogen-bond acceptors (Lipinski definition) is 2. The largest absolute Gasteiger partial charge is 0.392 e. The van der Waals surface area contributed by atoms with E-state index < -0.39 is 0 Å². The van der Waals surface area contributed by atoms with Crippen LogP contribution in [0, 0.1) is 3.57 Å². The predicted molar refractivity (Wildman–Crippen MR) is 73.1 cm³/mol. The average molecular weight is 383 g/mol. The number of benzene rings is 1. The van der Waals surface area contributed by atoms with Gasteiger partial charge in [-0.1, -0.05) is 22.0 Å². The minimum absolute atomic E-state index is 0.113. The standard InChI is InChI=1S/C10H8BrIOS/c11-3-7-1-6(4-13)2-8-9(12)5-14-10(7)8/h1-2,5,13H,3-4H2. The molecule has 4 heteroatoms. The molecule has 0 aliphatic heterocycles. The van der Waals surface area contributed by atoms with Crippen LogP contribution in [0.3, 0.4) is 0 Å².